The minimum absolute atomic E-state index is 0.164. The van der Waals surface area contributed by atoms with Gasteiger partial charge in [-0.25, -0.2) is 14.8 Å². The summed E-state index contributed by atoms with van der Waals surface area (Å²) >= 11 is 4.42. The molecule has 0 bridgehead atoms. The number of benzene rings is 1. The molecule has 1 aliphatic carbocycles. The molecule has 4 aromatic rings. The standard InChI is InChI=1S/C26H25N3O3S3/c1-3-32-26(31)23-22(17-10-9-15(2)11-19(17)35-23)29-20(30)13-34-25-21-18(16-7-5-4-6-8-16)12-33-24(21)27-14-28-25/h4-8,12,14-15H,3,9-11,13H2,1-2H3,(H,29,30). The van der Waals surface area contributed by atoms with Gasteiger partial charge in [0.05, 0.1) is 23.4 Å². The van der Waals surface area contributed by atoms with E-state index in [4.69, 9.17) is 4.74 Å². The molecule has 0 radical (unpaired) electrons. The van der Waals surface area contributed by atoms with E-state index in [0.29, 0.717) is 23.1 Å². The number of thiophene rings is 2. The third-order valence-electron chi connectivity index (χ3n) is 6.00. The Hall–Kier alpha value is -2.75. The Morgan fingerprint density at radius 3 is 2.86 bits per heavy atom. The second-order valence-corrected chi connectivity index (χ2v) is 11.4. The molecule has 35 heavy (non-hydrogen) atoms. The second-order valence-electron chi connectivity index (χ2n) is 8.49. The lowest BCUT2D eigenvalue weighted by Crippen LogP contribution is -2.18. The Labute approximate surface area is 216 Å². The molecule has 6 nitrogen and oxygen atoms in total. The van der Waals surface area contributed by atoms with Crippen molar-refractivity contribution in [3.63, 3.8) is 0 Å². The second kappa shape index (κ2) is 10.5. The molecule has 1 atom stereocenters. The first-order valence-electron chi connectivity index (χ1n) is 11.6. The van der Waals surface area contributed by atoms with E-state index in [1.807, 2.05) is 18.2 Å². The van der Waals surface area contributed by atoms with Crippen LogP contribution < -0.4 is 5.32 Å². The first kappa shape index (κ1) is 24.0. The zero-order chi connectivity index (χ0) is 24.4. The van der Waals surface area contributed by atoms with E-state index in [-0.39, 0.29) is 17.6 Å². The van der Waals surface area contributed by atoms with Gasteiger partial charge in [0.25, 0.3) is 0 Å². The number of fused-ring (bicyclic) bond motifs is 2. The molecule has 1 amide bonds. The maximum Gasteiger partial charge on any atom is 0.350 e. The van der Waals surface area contributed by atoms with Gasteiger partial charge in [-0.15, -0.1) is 22.7 Å². The maximum atomic E-state index is 13.1. The highest BCUT2D eigenvalue weighted by Gasteiger charge is 2.28. The van der Waals surface area contributed by atoms with Gasteiger partial charge >= 0.3 is 5.97 Å². The highest BCUT2D eigenvalue weighted by molar-refractivity contribution is 8.00. The zero-order valence-electron chi connectivity index (χ0n) is 19.5. The number of anilines is 1. The van der Waals surface area contributed by atoms with Crippen molar-refractivity contribution in [1.29, 1.82) is 0 Å². The lowest BCUT2D eigenvalue weighted by atomic mass is 9.89. The number of hydrogen-bond acceptors (Lipinski definition) is 8. The summed E-state index contributed by atoms with van der Waals surface area (Å²) in [6.07, 6.45) is 4.37. The number of carbonyl (C=O) groups excluding carboxylic acids is 2. The molecular formula is C26H25N3O3S3. The fourth-order valence-corrected chi connectivity index (χ4v) is 7.47. The molecule has 1 unspecified atom stereocenters. The van der Waals surface area contributed by atoms with Gasteiger partial charge in [-0.1, -0.05) is 49.0 Å². The molecule has 180 valence electrons. The summed E-state index contributed by atoms with van der Waals surface area (Å²) in [6, 6.07) is 10.1. The number of ether oxygens (including phenoxy) is 1. The molecule has 3 aromatic heterocycles. The van der Waals surface area contributed by atoms with E-state index in [1.54, 1.807) is 24.6 Å². The molecule has 0 fully saturated rings. The van der Waals surface area contributed by atoms with E-state index in [0.717, 1.165) is 51.2 Å². The van der Waals surface area contributed by atoms with E-state index in [9.17, 15) is 9.59 Å². The summed E-state index contributed by atoms with van der Waals surface area (Å²) in [4.78, 5) is 37.2. The molecule has 1 aliphatic rings. The summed E-state index contributed by atoms with van der Waals surface area (Å²) in [5.74, 6) is 0.216. The molecule has 1 N–H and O–H groups in total. The summed E-state index contributed by atoms with van der Waals surface area (Å²) in [7, 11) is 0. The van der Waals surface area contributed by atoms with E-state index in [2.05, 4.69) is 39.7 Å². The van der Waals surface area contributed by atoms with E-state index >= 15 is 0 Å². The molecule has 0 aliphatic heterocycles. The Morgan fingerprint density at radius 1 is 1.23 bits per heavy atom. The molecule has 0 spiro atoms. The first-order chi connectivity index (χ1) is 17.0. The van der Waals surface area contributed by atoms with Crippen LogP contribution >= 0.6 is 34.4 Å². The van der Waals surface area contributed by atoms with Crippen LogP contribution in [0.15, 0.2) is 47.1 Å². The number of aromatic nitrogens is 2. The number of amides is 1. The normalized spacial score (nSPS) is 15.1. The lowest BCUT2D eigenvalue weighted by molar-refractivity contribution is -0.113. The smallest absolute Gasteiger partial charge is 0.350 e. The van der Waals surface area contributed by atoms with Crippen LogP contribution in [-0.4, -0.2) is 34.2 Å². The van der Waals surface area contributed by atoms with Crippen LogP contribution in [0, 0.1) is 5.92 Å². The Bertz CT molecular complexity index is 1380. The molecule has 0 saturated carbocycles. The van der Waals surface area contributed by atoms with Gasteiger partial charge in [-0.05, 0) is 43.2 Å². The van der Waals surface area contributed by atoms with Gasteiger partial charge in [-0.3, -0.25) is 4.79 Å². The van der Waals surface area contributed by atoms with Crippen molar-refractivity contribution < 1.29 is 14.3 Å². The monoisotopic (exact) mass is 523 g/mol. The summed E-state index contributed by atoms with van der Waals surface area (Å²) < 4.78 is 5.28. The minimum atomic E-state index is -0.370. The highest BCUT2D eigenvalue weighted by Crippen LogP contribution is 2.41. The largest absolute Gasteiger partial charge is 0.462 e. The third kappa shape index (κ3) is 4.98. The van der Waals surface area contributed by atoms with Crippen molar-refractivity contribution >= 4 is 62.2 Å². The van der Waals surface area contributed by atoms with Crippen LogP contribution in [-0.2, 0) is 22.4 Å². The van der Waals surface area contributed by atoms with Crippen LogP contribution in [0.25, 0.3) is 21.3 Å². The average molecular weight is 524 g/mol. The van der Waals surface area contributed by atoms with Gasteiger partial charge in [0, 0.05) is 15.8 Å². The first-order valence-corrected chi connectivity index (χ1v) is 14.2. The van der Waals surface area contributed by atoms with Crippen molar-refractivity contribution in [1.82, 2.24) is 9.97 Å². The van der Waals surface area contributed by atoms with Gasteiger partial charge in [0.2, 0.25) is 5.91 Å². The Balaban J connectivity index is 1.38. The number of thioether (sulfide) groups is 1. The number of hydrogen-bond donors (Lipinski definition) is 1. The molecule has 9 heteroatoms. The number of esters is 1. The number of rotatable bonds is 7. The summed E-state index contributed by atoms with van der Waals surface area (Å²) in [5.41, 5.74) is 3.88. The predicted octanol–water partition coefficient (Wildman–Crippen LogP) is 6.45. The van der Waals surface area contributed by atoms with E-state index < -0.39 is 0 Å². The number of carbonyl (C=O) groups is 2. The van der Waals surface area contributed by atoms with Gasteiger partial charge in [0.15, 0.2) is 0 Å². The predicted molar refractivity (Wildman–Crippen MR) is 144 cm³/mol. The number of nitrogens with zero attached hydrogens (tertiary/aromatic N) is 2. The molecule has 0 saturated heterocycles. The summed E-state index contributed by atoms with van der Waals surface area (Å²) in [6.45, 7) is 4.31. The quantitative estimate of drug-likeness (QED) is 0.170. The van der Waals surface area contributed by atoms with Gasteiger partial charge in [-0.2, -0.15) is 0 Å². The van der Waals surface area contributed by atoms with Crippen LogP contribution in [0.1, 0.15) is 40.4 Å². The van der Waals surface area contributed by atoms with Gasteiger partial charge in [0.1, 0.15) is 21.1 Å². The molecular weight excluding hydrogens is 499 g/mol. The molecule has 1 aromatic carbocycles. The molecule has 3 heterocycles. The van der Waals surface area contributed by atoms with Crippen LogP contribution in [0.3, 0.4) is 0 Å². The summed E-state index contributed by atoms with van der Waals surface area (Å²) in [5, 5.41) is 6.87. The van der Waals surface area contributed by atoms with Crippen molar-refractivity contribution in [2.45, 2.75) is 38.1 Å². The topological polar surface area (TPSA) is 81.2 Å². The SMILES string of the molecule is CCOC(=O)c1sc2c(c1NC(=O)CSc1ncnc3scc(-c4ccccc4)c13)CCC(C)C2. The van der Waals surface area contributed by atoms with Crippen molar-refractivity contribution in [2.75, 3.05) is 17.7 Å². The van der Waals surface area contributed by atoms with Crippen molar-refractivity contribution in [3.05, 3.63) is 57.4 Å². The van der Waals surface area contributed by atoms with Gasteiger partial charge < -0.3 is 10.1 Å². The maximum absolute atomic E-state index is 13.1. The van der Waals surface area contributed by atoms with Crippen LogP contribution in [0.2, 0.25) is 0 Å². The van der Waals surface area contributed by atoms with Crippen LogP contribution in [0.4, 0.5) is 5.69 Å². The average Bonchev–Trinajstić information content (AvgIpc) is 3.45. The van der Waals surface area contributed by atoms with E-state index in [1.165, 1.54) is 28.0 Å². The number of nitrogens with one attached hydrogen (secondary N) is 1. The third-order valence-corrected chi connectivity index (χ3v) is 9.11. The Kier molecular flexibility index (Phi) is 7.17. The Morgan fingerprint density at radius 2 is 2.06 bits per heavy atom. The highest BCUT2D eigenvalue weighted by atomic mass is 32.2. The fraction of sp³-hybridized carbons (Fsp3) is 0.308. The van der Waals surface area contributed by atoms with Crippen molar-refractivity contribution in [3.8, 4) is 11.1 Å². The van der Waals surface area contributed by atoms with Crippen LogP contribution in [0.5, 0.6) is 0 Å². The van der Waals surface area contributed by atoms with Crippen molar-refractivity contribution in [2.24, 2.45) is 5.92 Å². The minimum Gasteiger partial charge on any atom is -0.462 e. The lowest BCUT2D eigenvalue weighted by Gasteiger charge is -2.19. The molecule has 5 rings (SSSR count). The zero-order valence-corrected chi connectivity index (χ0v) is 21.9. The fourth-order valence-electron chi connectivity index (χ4n) is 4.32.